The van der Waals surface area contributed by atoms with Gasteiger partial charge in [0.1, 0.15) is 12.1 Å². The Hall–Kier alpha value is -1.38. The summed E-state index contributed by atoms with van der Waals surface area (Å²) in [5, 5.41) is 0. The topological polar surface area (TPSA) is 33.2 Å². The van der Waals surface area contributed by atoms with Crippen molar-refractivity contribution >= 4 is 12.1 Å². The normalized spacial score (nSPS) is 17.3. The second kappa shape index (κ2) is 5.51. The molecular weight excluding hydrogens is 224 g/mol. The van der Waals surface area contributed by atoms with Gasteiger partial charge in [0.2, 0.25) is 0 Å². The van der Waals surface area contributed by atoms with Gasteiger partial charge in [-0.25, -0.2) is 4.98 Å². The summed E-state index contributed by atoms with van der Waals surface area (Å²) < 4.78 is 0. The highest BCUT2D eigenvalue weighted by Gasteiger charge is 2.41. The maximum absolute atomic E-state index is 10.8. The highest BCUT2D eigenvalue weighted by molar-refractivity contribution is 5.76. The lowest BCUT2D eigenvalue weighted by molar-refractivity contribution is 0.112. The van der Waals surface area contributed by atoms with Gasteiger partial charge in [-0.2, -0.15) is 0 Å². The lowest BCUT2D eigenvalue weighted by atomic mass is 9.72. The Morgan fingerprint density at radius 1 is 1.33 bits per heavy atom. The molecule has 0 aromatic carbocycles. The Morgan fingerprint density at radius 3 is 2.56 bits per heavy atom. The molecule has 2 heterocycles. The van der Waals surface area contributed by atoms with E-state index in [1.54, 1.807) is 12.3 Å². The summed E-state index contributed by atoms with van der Waals surface area (Å²) in [4.78, 5) is 17.4. The fourth-order valence-corrected chi connectivity index (χ4v) is 3.11. The van der Waals surface area contributed by atoms with Gasteiger partial charge in [-0.05, 0) is 25.0 Å². The maximum Gasteiger partial charge on any atom is 0.150 e. The highest BCUT2D eigenvalue weighted by Crippen LogP contribution is 2.41. The SMILES string of the molecule is CCCC1(CCC)CN(c2cc(C=O)ccn2)C1. The fourth-order valence-electron chi connectivity index (χ4n) is 3.11. The van der Waals surface area contributed by atoms with E-state index in [0.717, 1.165) is 25.2 Å². The summed E-state index contributed by atoms with van der Waals surface area (Å²) >= 11 is 0. The molecule has 0 amide bonds. The second-order valence-corrected chi connectivity index (χ2v) is 5.42. The molecule has 1 aromatic heterocycles. The summed E-state index contributed by atoms with van der Waals surface area (Å²) in [5.74, 6) is 0.947. The molecule has 0 N–H and O–H groups in total. The number of pyridine rings is 1. The quantitative estimate of drug-likeness (QED) is 0.722. The zero-order valence-corrected chi connectivity index (χ0v) is 11.4. The lowest BCUT2D eigenvalue weighted by Crippen LogP contribution is -2.56. The highest BCUT2D eigenvalue weighted by atomic mass is 16.1. The lowest BCUT2D eigenvalue weighted by Gasteiger charge is -2.51. The molecule has 1 saturated heterocycles. The van der Waals surface area contributed by atoms with Crippen LogP contribution in [0.15, 0.2) is 18.3 Å². The molecule has 0 saturated carbocycles. The third-order valence-electron chi connectivity index (χ3n) is 3.84. The number of aldehydes is 1. The van der Waals surface area contributed by atoms with Gasteiger partial charge in [0.15, 0.2) is 0 Å². The van der Waals surface area contributed by atoms with Crippen LogP contribution in [0.25, 0.3) is 0 Å². The fraction of sp³-hybridized carbons (Fsp3) is 0.600. The molecule has 3 nitrogen and oxygen atoms in total. The predicted molar refractivity (Wildman–Crippen MR) is 74.1 cm³/mol. The minimum absolute atomic E-state index is 0.488. The molecule has 1 fully saturated rings. The molecule has 1 aliphatic heterocycles. The minimum atomic E-state index is 0.488. The van der Waals surface area contributed by atoms with Gasteiger partial charge in [-0.3, -0.25) is 4.79 Å². The van der Waals surface area contributed by atoms with Crippen molar-refractivity contribution in [3.63, 3.8) is 0 Å². The molecule has 3 heteroatoms. The molecule has 1 aliphatic rings. The summed E-state index contributed by atoms with van der Waals surface area (Å²) in [6.45, 7) is 6.69. The molecule has 0 unspecified atom stereocenters. The van der Waals surface area contributed by atoms with Crippen molar-refractivity contribution in [1.82, 2.24) is 4.98 Å². The van der Waals surface area contributed by atoms with Crippen LogP contribution >= 0.6 is 0 Å². The van der Waals surface area contributed by atoms with Crippen LogP contribution in [0.4, 0.5) is 5.82 Å². The van der Waals surface area contributed by atoms with Gasteiger partial charge in [0.25, 0.3) is 0 Å². The number of carbonyl (C=O) groups is 1. The van der Waals surface area contributed by atoms with Crippen molar-refractivity contribution in [3.8, 4) is 0 Å². The minimum Gasteiger partial charge on any atom is -0.355 e. The third-order valence-corrected chi connectivity index (χ3v) is 3.84. The van der Waals surface area contributed by atoms with E-state index in [2.05, 4.69) is 23.7 Å². The van der Waals surface area contributed by atoms with Gasteiger partial charge in [0, 0.05) is 30.3 Å². The third kappa shape index (κ3) is 2.55. The van der Waals surface area contributed by atoms with E-state index < -0.39 is 0 Å². The summed E-state index contributed by atoms with van der Waals surface area (Å²) in [5.41, 5.74) is 1.20. The Kier molecular flexibility index (Phi) is 4.00. The van der Waals surface area contributed by atoms with E-state index in [9.17, 15) is 4.79 Å². The smallest absolute Gasteiger partial charge is 0.150 e. The van der Waals surface area contributed by atoms with Gasteiger partial charge in [-0.15, -0.1) is 0 Å². The second-order valence-electron chi connectivity index (χ2n) is 5.42. The van der Waals surface area contributed by atoms with Crippen LogP contribution in [0.2, 0.25) is 0 Å². The van der Waals surface area contributed by atoms with Crippen LogP contribution in [0.1, 0.15) is 49.9 Å². The van der Waals surface area contributed by atoms with E-state index in [4.69, 9.17) is 0 Å². The van der Waals surface area contributed by atoms with Gasteiger partial charge >= 0.3 is 0 Å². The van der Waals surface area contributed by atoms with E-state index in [1.807, 2.05) is 6.07 Å². The number of rotatable bonds is 6. The first kappa shape index (κ1) is 13.1. The first-order valence-corrected chi connectivity index (χ1v) is 6.89. The summed E-state index contributed by atoms with van der Waals surface area (Å²) in [7, 11) is 0. The van der Waals surface area contributed by atoms with E-state index >= 15 is 0 Å². The van der Waals surface area contributed by atoms with Crippen LogP contribution in [-0.2, 0) is 0 Å². The first-order chi connectivity index (χ1) is 8.73. The number of hydrogen-bond acceptors (Lipinski definition) is 3. The molecule has 1 aromatic rings. The van der Waals surface area contributed by atoms with E-state index in [0.29, 0.717) is 11.0 Å². The predicted octanol–water partition coefficient (Wildman–Crippen LogP) is 3.30. The van der Waals surface area contributed by atoms with Crippen LogP contribution < -0.4 is 4.90 Å². The van der Waals surface area contributed by atoms with Crippen molar-refractivity contribution in [2.24, 2.45) is 5.41 Å². The Bertz CT molecular complexity index is 403. The van der Waals surface area contributed by atoms with Crippen LogP contribution in [0, 0.1) is 5.41 Å². The van der Waals surface area contributed by atoms with Crippen molar-refractivity contribution in [3.05, 3.63) is 23.9 Å². The van der Waals surface area contributed by atoms with Crippen LogP contribution in [-0.4, -0.2) is 24.4 Å². The maximum atomic E-state index is 10.8. The molecule has 0 atom stereocenters. The standard InChI is InChI=1S/C15H22N2O/c1-3-6-15(7-4-2)11-17(12-15)14-9-13(10-18)5-8-16-14/h5,8-10H,3-4,6-7,11-12H2,1-2H3. The largest absolute Gasteiger partial charge is 0.355 e. The number of hydrogen-bond donors (Lipinski definition) is 0. The molecule has 2 rings (SSSR count). The zero-order valence-electron chi connectivity index (χ0n) is 11.4. The van der Waals surface area contributed by atoms with Gasteiger partial charge in [0.05, 0.1) is 0 Å². The van der Waals surface area contributed by atoms with Crippen molar-refractivity contribution in [2.45, 2.75) is 39.5 Å². The van der Waals surface area contributed by atoms with Crippen molar-refractivity contribution in [2.75, 3.05) is 18.0 Å². The van der Waals surface area contributed by atoms with Gasteiger partial charge < -0.3 is 4.90 Å². The average molecular weight is 246 g/mol. The van der Waals surface area contributed by atoms with Crippen molar-refractivity contribution < 1.29 is 4.79 Å². The van der Waals surface area contributed by atoms with Crippen LogP contribution in [0.5, 0.6) is 0 Å². The number of carbonyl (C=O) groups excluding carboxylic acids is 1. The molecule has 18 heavy (non-hydrogen) atoms. The summed E-state index contributed by atoms with van der Waals surface area (Å²) in [6, 6.07) is 3.64. The molecule has 98 valence electrons. The Labute approximate surface area is 109 Å². The Balaban J connectivity index is 2.03. The molecule has 0 radical (unpaired) electrons. The van der Waals surface area contributed by atoms with Crippen molar-refractivity contribution in [1.29, 1.82) is 0 Å². The molecule has 0 aliphatic carbocycles. The number of anilines is 1. The number of nitrogens with zero attached hydrogens (tertiary/aromatic N) is 2. The average Bonchev–Trinajstić information content (AvgIpc) is 2.35. The zero-order chi connectivity index (χ0) is 13.0. The van der Waals surface area contributed by atoms with E-state index in [-0.39, 0.29) is 0 Å². The Morgan fingerprint density at radius 2 is 2.00 bits per heavy atom. The first-order valence-electron chi connectivity index (χ1n) is 6.89. The molecule has 0 spiro atoms. The molecule has 0 bridgehead atoms. The molecular formula is C15H22N2O. The number of aromatic nitrogens is 1. The monoisotopic (exact) mass is 246 g/mol. The van der Waals surface area contributed by atoms with Gasteiger partial charge in [-0.1, -0.05) is 26.7 Å². The van der Waals surface area contributed by atoms with E-state index in [1.165, 1.54) is 25.7 Å². The summed E-state index contributed by atoms with van der Waals surface area (Å²) in [6.07, 6.45) is 7.69. The van der Waals surface area contributed by atoms with Crippen LogP contribution in [0.3, 0.4) is 0 Å².